The molecule has 0 aromatic rings. The maximum Gasteiger partial charge on any atom is 0.0462 e. The van der Waals surface area contributed by atoms with Crippen molar-refractivity contribution >= 4 is 0 Å². The summed E-state index contributed by atoms with van der Waals surface area (Å²) in [5.74, 6) is 0. The maximum absolute atomic E-state index is 5.27. The number of ether oxygens (including phenoxy) is 1. The Hall–Kier alpha value is -0.0800. The van der Waals surface area contributed by atoms with Gasteiger partial charge in [0.05, 0.1) is 0 Å². The van der Waals surface area contributed by atoms with Crippen LogP contribution in [0.15, 0.2) is 0 Å². The van der Waals surface area contributed by atoms with Crippen molar-refractivity contribution in [2.24, 2.45) is 5.73 Å². The molecule has 0 rings (SSSR count). The molecule has 0 saturated carbocycles. The molecule has 0 bridgehead atoms. The highest BCUT2D eigenvalue weighted by molar-refractivity contribution is 4.39. The van der Waals surface area contributed by atoms with Crippen LogP contribution in [-0.4, -0.2) is 20.3 Å². The minimum atomic E-state index is 0.809. The monoisotopic (exact) mass is 147 g/mol. The third-order valence-electron chi connectivity index (χ3n) is 1.05. The lowest BCUT2D eigenvalue weighted by Gasteiger charge is -1.95. The molecule has 0 aliphatic heterocycles. The van der Waals surface area contributed by atoms with Gasteiger partial charge < -0.3 is 10.5 Å². The summed E-state index contributed by atoms with van der Waals surface area (Å²) in [5, 5.41) is 0. The second-order valence-electron chi connectivity index (χ2n) is 1.84. The van der Waals surface area contributed by atoms with Crippen LogP contribution in [0.1, 0.15) is 33.1 Å². The number of nitrogens with two attached hydrogens (primary N) is 1. The van der Waals surface area contributed by atoms with E-state index < -0.39 is 0 Å². The third-order valence-corrected chi connectivity index (χ3v) is 1.05. The van der Waals surface area contributed by atoms with E-state index in [0.29, 0.717) is 0 Å². The molecule has 0 spiro atoms. The standard InChI is InChI=1S/C6H15NO.C2H6/c1-8-6-4-2-3-5-7;1-2/h2-7H2,1H3;1-2H3. The summed E-state index contributed by atoms with van der Waals surface area (Å²) < 4.78 is 4.85. The van der Waals surface area contributed by atoms with Crippen molar-refractivity contribution in [2.75, 3.05) is 20.3 Å². The molecule has 2 nitrogen and oxygen atoms in total. The van der Waals surface area contributed by atoms with Gasteiger partial charge in [-0.25, -0.2) is 0 Å². The van der Waals surface area contributed by atoms with Crippen molar-refractivity contribution in [3.8, 4) is 0 Å². The Morgan fingerprint density at radius 3 is 2.10 bits per heavy atom. The quantitative estimate of drug-likeness (QED) is 0.602. The van der Waals surface area contributed by atoms with Gasteiger partial charge in [-0.1, -0.05) is 13.8 Å². The first-order valence-corrected chi connectivity index (χ1v) is 4.11. The summed E-state index contributed by atoms with van der Waals surface area (Å²) in [6, 6.07) is 0. The van der Waals surface area contributed by atoms with Gasteiger partial charge in [-0.2, -0.15) is 0 Å². The number of methoxy groups -OCH3 is 1. The molecule has 0 atom stereocenters. The highest BCUT2D eigenvalue weighted by Gasteiger charge is 1.83. The third kappa shape index (κ3) is 15.7. The topological polar surface area (TPSA) is 35.2 Å². The van der Waals surface area contributed by atoms with Gasteiger partial charge in [0.2, 0.25) is 0 Å². The first-order valence-electron chi connectivity index (χ1n) is 4.11. The Bertz CT molecular complexity index is 34.2. The maximum atomic E-state index is 5.27. The van der Waals surface area contributed by atoms with E-state index in [-0.39, 0.29) is 0 Å². The molecule has 2 heteroatoms. The van der Waals surface area contributed by atoms with Crippen molar-refractivity contribution in [1.82, 2.24) is 0 Å². The molecule has 0 aromatic carbocycles. The molecule has 0 fully saturated rings. The van der Waals surface area contributed by atoms with Crippen molar-refractivity contribution < 1.29 is 4.74 Å². The van der Waals surface area contributed by atoms with E-state index in [9.17, 15) is 0 Å². The SMILES string of the molecule is CC.COCCCCCN. The zero-order valence-electron chi connectivity index (χ0n) is 7.52. The van der Waals surface area contributed by atoms with E-state index in [2.05, 4.69) is 0 Å². The van der Waals surface area contributed by atoms with Crippen LogP contribution in [0.5, 0.6) is 0 Å². The summed E-state index contributed by atoms with van der Waals surface area (Å²) in [6.07, 6.45) is 3.47. The summed E-state index contributed by atoms with van der Waals surface area (Å²) >= 11 is 0. The molecule has 0 radical (unpaired) electrons. The van der Waals surface area contributed by atoms with Crippen LogP contribution in [0, 0.1) is 0 Å². The average molecular weight is 147 g/mol. The Balaban J connectivity index is 0. The minimum absolute atomic E-state index is 0.809. The minimum Gasteiger partial charge on any atom is -0.385 e. The first kappa shape index (κ1) is 12.6. The van der Waals surface area contributed by atoms with Gasteiger partial charge >= 0.3 is 0 Å². The highest BCUT2D eigenvalue weighted by Crippen LogP contribution is 1.91. The summed E-state index contributed by atoms with van der Waals surface area (Å²) in [6.45, 7) is 5.68. The Morgan fingerprint density at radius 1 is 1.10 bits per heavy atom. The number of unbranched alkanes of at least 4 members (excludes halogenated alkanes) is 2. The van der Waals surface area contributed by atoms with Crippen LogP contribution in [0.2, 0.25) is 0 Å². The Labute approximate surface area is 64.8 Å². The van der Waals surface area contributed by atoms with Crippen LogP contribution < -0.4 is 5.73 Å². The molecule has 0 heterocycles. The number of rotatable bonds is 5. The van der Waals surface area contributed by atoms with Crippen LogP contribution in [-0.2, 0) is 4.74 Å². The van der Waals surface area contributed by atoms with E-state index >= 15 is 0 Å². The predicted molar refractivity (Wildman–Crippen MR) is 46.1 cm³/mol. The molecule has 0 unspecified atom stereocenters. The Morgan fingerprint density at radius 2 is 1.70 bits per heavy atom. The molecule has 0 aromatic heterocycles. The van der Waals surface area contributed by atoms with Crippen LogP contribution in [0.3, 0.4) is 0 Å². The molecular formula is C8H21NO. The van der Waals surface area contributed by atoms with Crippen molar-refractivity contribution in [3.05, 3.63) is 0 Å². The van der Waals surface area contributed by atoms with Crippen molar-refractivity contribution in [3.63, 3.8) is 0 Å². The van der Waals surface area contributed by atoms with Gasteiger partial charge in [-0.05, 0) is 25.8 Å². The fraction of sp³-hybridized carbons (Fsp3) is 1.00. The van der Waals surface area contributed by atoms with Crippen LogP contribution >= 0.6 is 0 Å². The molecule has 64 valence electrons. The predicted octanol–water partition coefficient (Wildman–Crippen LogP) is 1.79. The van der Waals surface area contributed by atoms with Gasteiger partial charge in [0.15, 0.2) is 0 Å². The number of hydrogen-bond acceptors (Lipinski definition) is 2. The van der Waals surface area contributed by atoms with E-state index in [1.807, 2.05) is 13.8 Å². The van der Waals surface area contributed by atoms with Gasteiger partial charge in [0.1, 0.15) is 0 Å². The molecular weight excluding hydrogens is 126 g/mol. The fourth-order valence-corrected chi connectivity index (χ4v) is 0.568. The molecule has 0 saturated heterocycles. The molecule has 0 aliphatic carbocycles. The lowest BCUT2D eigenvalue weighted by Crippen LogP contribution is -1.98. The van der Waals surface area contributed by atoms with Crippen molar-refractivity contribution in [2.45, 2.75) is 33.1 Å². The Kier molecular flexibility index (Phi) is 20.1. The first-order chi connectivity index (χ1) is 4.91. The van der Waals surface area contributed by atoms with Gasteiger partial charge in [0.25, 0.3) is 0 Å². The van der Waals surface area contributed by atoms with Crippen molar-refractivity contribution in [1.29, 1.82) is 0 Å². The van der Waals surface area contributed by atoms with Gasteiger partial charge in [-0.3, -0.25) is 0 Å². The highest BCUT2D eigenvalue weighted by atomic mass is 16.5. The average Bonchev–Trinajstić information content (AvgIpc) is 2.02. The lowest BCUT2D eigenvalue weighted by molar-refractivity contribution is 0.192. The van der Waals surface area contributed by atoms with Gasteiger partial charge in [0, 0.05) is 13.7 Å². The second kappa shape index (κ2) is 16.0. The molecule has 0 aliphatic rings. The van der Waals surface area contributed by atoms with Crippen LogP contribution in [0.4, 0.5) is 0 Å². The second-order valence-corrected chi connectivity index (χ2v) is 1.84. The smallest absolute Gasteiger partial charge is 0.0462 e. The lowest BCUT2D eigenvalue weighted by atomic mass is 10.2. The van der Waals surface area contributed by atoms with Gasteiger partial charge in [-0.15, -0.1) is 0 Å². The summed E-state index contributed by atoms with van der Waals surface area (Å²) in [4.78, 5) is 0. The van der Waals surface area contributed by atoms with E-state index in [4.69, 9.17) is 10.5 Å². The fourth-order valence-electron chi connectivity index (χ4n) is 0.568. The molecule has 10 heavy (non-hydrogen) atoms. The summed E-state index contributed by atoms with van der Waals surface area (Å²) in [5.41, 5.74) is 5.27. The normalized spacial score (nSPS) is 8.40. The van der Waals surface area contributed by atoms with E-state index in [1.165, 1.54) is 6.42 Å². The van der Waals surface area contributed by atoms with E-state index in [1.54, 1.807) is 7.11 Å². The zero-order chi connectivity index (χ0) is 8.24. The zero-order valence-corrected chi connectivity index (χ0v) is 7.52. The van der Waals surface area contributed by atoms with E-state index in [0.717, 1.165) is 26.0 Å². The summed E-state index contributed by atoms with van der Waals surface area (Å²) in [7, 11) is 1.72. The van der Waals surface area contributed by atoms with Crippen LogP contribution in [0.25, 0.3) is 0 Å². The number of hydrogen-bond donors (Lipinski definition) is 1. The molecule has 2 N–H and O–H groups in total. The largest absolute Gasteiger partial charge is 0.385 e. The molecule has 0 amide bonds.